The molecule has 3 rings (SSSR count). The second-order valence-electron chi connectivity index (χ2n) is 7.88. The fourth-order valence-electron chi connectivity index (χ4n) is 3.88. The summed E-state index contributed by atoms with van der Waals surface area (Å²) in [6, 6.07) is 9.04. The zero-order chi connectivity index (χ0) is 19.1. The number of nitrogens with one attached hydrogen (secondary N) is 1. The standard InChI is InChI=1S/C22H35N3O2/c1-17(2)19-10-8-18(9-11-19)6-4-12-24-22(23-3)25-13-15-27-21(16-25)20-7-5-14-26-20/h8-11,17,20-21H,4-7,12-16H2,1-3H3,(H,23,24). The van der Waals surface area contributed by atoms with Crippen molar-refractivity contribution in [2.24, 2.45) is 4.99 Å². The van der Waals surface area contributed by atoms with Crippen LogP contribution in [-0.2, 0) is 15.9 Å². The van der Waals surface area contributed by atoms with Crippen LogP contribution in [0.15, 0.2) is 29.3 Å². The summed E-state index contributed by atoms with van der Waals surface area (Å²) in [5.41, 5.74) is 2.81. The van der Waals surface area contributed by atoms with Crippen molar-refractivity contribution in [2.75, 3.05) is 39.9 Å². The van der Waals surface area contributed by atoms with Gasteiger partial charge in [0.05, 0.1) is 12.7 Å². The molecule has 2 aliphatic heterocycles. The number of guanidine groups is 1. The van der Waals surface area contributed by atoms with Crippen molar-refractivity contribution in [3.05, 3.63) is 35.4 Å². The van der Waals surface area contributed by atoms with Gasteiger partial charge in [-0.2, -0.15) is 0 Å². The van der Waals surface area contributed by atoms with Crippen molar-refractivity contribution in [2.45, 2.75) is 57.7 Å². The second kappa shape index (κ2) is 10.1. The first kappa shape index (κ1) is 20.2. The van der Waals surface area contributed by atoms with E-state index in [-0.39, 0.29) is 12.2 Å². The summed E-state index contributed by atoms with van der Waals surface area (Å²) in [5, 5.41) is 3.53. The van der Waals surface area contributed by atoms with Crippen LogP contribution in [0, 0.1) is 0 Å². The molecular formula is C22H35N3O2. The van der Waals surface area contributed by atoms with Gasteiger partial charge in [0.2, 0.25) is 0 Å². The predicted molar refractivity (Wildman–Crippen MR) is 111 cm³/mol. The molecule has 2 fully saturated rings. The van der Waals surface area contributed by atoms with E-state index in [9.17, 15) is 0 Å². The first-order valence-electron chi connectivity index (χ1n) is 10.4. The van der Waals surface area contributed by atoms with Crippen LogP contribution in [0.4, 0.5) is 0 Å². The molecule has 2 saturated heterocycles. The number of hydrogen-bond acceptors (Lipinski definition) is 3. The molecule has 1 aromatic rings. The molecule has 0 radical (unpaired) electrons. The maximum atomic E-state index is 5.95. The van der Waals surface area contributed by atoms with Gasteiger partial charge in [-0.1, -0.05) is 38.1 Å². The summed E-state index contributed by atoms with van der Waals surface area (Å²) in [6.07, 6.45) is 4.86. The van der Waals surface area contributed by atoms with Crippen LogP contribution >= 0.6 is 0 Å². The number of benzene rings is 1. The number of aryl methyl sites for hydroxylation is 1. The fraction of sp³-hybridized carbons (Fsp3) is 0.682. The van der Waals surface area contributed by atoms with E-state index in [4.69, 9.17) is 9.47 Å². The largest absolute Gasteiger partial charge is 0.375 e. The maximum absolute atomic E-state index is 5.95. The van der Waals surface area contributed by atoms with Gasteiger partial charge in [0.15, 0.2) is 5.96 Å². The van der Waals surface area contributed by atoms with E-state index in [1.807, 2.05) is 7.05 Å². The van der Waals surface area contributed by atoms with Crippen LogP contribution in [0.25, 0.3) is 0 Å². The van der Waals surface area contributed by atoms with Crippen molar-refractivity contribution >= 4 is 5.96 Å². The lowest BCUT2D eigenvalue weighted by molar-refractivity contribution is -0.0816. The summed E-state index contributed by atoms with van der Waals surface area (Å²) in [4.78, 5) is 6.80. The van der Waals surface area contributed by atoms with Gasteiger partial charge >= 0.3 is 0 Å². The van der Waals surface area contributed by atoms with E-state index in [0.717, 1.165) is 64.5 Å². The van der Waals surface area contributed by atoms with Gasteiger partial charge < -0.3 is 19.7 Å². The minimum atomic E-state index is 0.166. The van der Waals surface area contributed by atoms with E-state index in [0.29, 0.717) is 5.92 Å². The Kier molecular flexibility index (Phi) is 7.53. The maximum Gasteiger partial charge on any atom is 0.193 e. The average molecular weight is 374 g/mol. The van der Waals surface area contributed by atoms with Crippen LogP contribution in [0.1, 0.15) is 50.2 Å². The van der Waals surface area contributed by atoms with E-state index < -0.39 is 0 Å². The molecular weight excluding hydrogens is 338 g/mol. The molecule has 0 aromatic heterocycles. The zero-order valence-electron chi connectivity index (χ0n) is 17.1. The number of aliphatic imine (C=N–C) groups is 1. The number of morpholine rings is 1. The normalized spacial score (nSPS) is 23.9. The van der Waals surface area contributed by atoms with E-state index in [1.54, 1.807) is 0 Å². The highest BCUT2D eigenvalue weighted by Gasteiger charge is 2.32. The van der Waals surface area contributed by atoms with Crippen LogP contribution in [0.3, 0.4) is 0 Å². The molecule has 2 unspecified atom stereocenters. The minimum absolute atomic E-state index is 0.166. The fourth-order valence-corrected chi connectivity index (χ4v) is 3.88. The van der Waals surface area contributed by atoms with Gasteiger partial charge in [-0.05, 0) is 42.7 Å². The highest BCUT2D eigenvalue weighted by atomic mass is 16.5. The van der Waals surface area contributed by atoms with Gasteiger partial charge in [0.25, 0.3) is 0 Å². The van der Waals surface area contributed by atoms with Crippen LogP contribution in [0.2, 0.25) is 0 Å². The molecule has 5 heteroatoms. The highest BCUT2D eigenvalue weighted by Crippen LogP contribution is 2.21. The molecule has 5 nitrogen and oxygen atoms in total. The van der Waals surface area contributed by atoms with Gasteiger partial charge in [-0.3, -0.25) is 4.99 Å². The van der Waals surface area contributed by atoms with Gasteiger partial charge in [-0.25, -0.2) is 0 Å². The molecule has 2 aliphatic rings. The van der Waals surface area contributed by atoms with Crippen LogP contribution < -0.4 is 5.32 Å². The van der Waals surface area contributed by atoms with Gasteiger partial charge in [0, 0.05) is 33.3 Å². The first-order chi connectivity index (χ1) is 13.2. The first-order valence-corrected chi connectivity index (χ1v) is 10.4. The smallest absolute Gasteiger partial charge is 0.193 e. The molecule has 2 heterocycles. The van der Waals surface area contributed by atoms with Crippen LogP contribution in [0.5, 0.6) is 0 Å². The lowest BCUT2D eigenvalue weighted by atomic mass is 10.0. The Balaban J connectivity index is 1.42. The number of rotatable bonds is 6. The molecule has 27 heavy (non-hydrogen) atoms. The Hall–Kier alpha value is -1.59. The third kappa shape index (κ3) is 5.69. The number of nitrogens with zero attached hydrogens (tertiary/aromatic N) is 2. The molecule has 0 bridgehead atoms. The second-order valence-corrected chi connectivity index (χ2v) is 7.88. The monoisotopic (exact) mass is 373 g/mol. The van der Waals surface area contributed by atoms with E-state index in [2.05, 4.69) is 53.3 Å². The Morgan fingerprint density at radius 2 is 1.96 bits per heavy atom. The van der Waals surface area contributed by atoms with Gasteiger partial charge in [0.1, 0.15) is 6.10 Å². The topological polar surface area (TPSA) is 46.1 Å². The molecule has 1 N–H and O–H groups in total. The molecule has 0 aliphatic carbocycles. The van der Waals surface area contributed by atoms with Crippen molar-refractivity contribution in [1.82, 2.24) is 10.2 Å². The summed E-state index contributed by atoms with van der Waals surface area (Å²) in [5.74, 6) is 1.58. The quantitative estimate of drug-likeness (QED) is 0.473. The molecule has 2 atom stereocenters. The number of ether oxygens (including phenoxy) is 2. The Morgan fingerprint density at radius 3 is 2.63 bits per heavy atom. The van der Waals surface area contributed by atoms with Crippen molar-refractivity contribution < 1.29 is 9.47 Å². The molecule has 0 saturated carbocycles. The summed E-state index contributed by atoms with van der Waals surface area (Å²) >= 11 is 0. The summed E-state index contributed by atoms with van der Waals surface area (Å²) < 4.78 is 11.8. The highest BCUT2D eigenvalue weighted by molar-refractivity contribution is 5.80. The minimum Gasteiger partial charge on any atom is -0.375 e. The molecule has 0 spiro atoms. The summed E-state index contributed by atoms with van der Waals surface area (Å²) in [6.45, 7) is 8.77. The lowest BCUT2D eigenvalue weighted by Crippen LogP contribution is -2.53. The zero-order valence-corrected chi connectivity index (χ0v) is 17.1. The molecule has 1 aromatic carbocycles. The van der Waals surface area contributed by atoms with Crippen molar-refractivity contribution in [1.29, 1.82) is 0 Å². The van der Waals surface area contributed by atoms with Crippen molar-refractivity contribution in [3.63, 3.8) is 0 Å². The average Bonchev–Trinajstić information content (AvgIpc) is 3.23. The van der Waals surface area contributed by atoms with Crippen molar-refractivity contribution in [3.8, 4) is 0 Å². The Labute approximate surface area is 164 Å². The SMILES string of the molecule is CN=C(NCCCc1ccc(C(C)C)cc1)N1CCOC(C2CCCO2)C1. The van der Waals surface area contributed by atoms with Crippen LogP contribution in [-0.4, -0.2) is 63.0 Å². The number of hydrogen-bond donors (Lipinski definition) is 1. The lowest BCUT2D eigenvalue weighted by Gasteiger charge is -2.37. The Bertz CT molecular complexity index is 594. The molecule has 150 valence electrons. The summed E-state index contributed by atoms with van der Waals surface area (Å²) in [7, 11) is 1.86. The van der Waals surface area contributed by atoms with E-state index >= 15 is 0 Å². The van der Waals surface area contributed by atoms with Gasteiger partial charge in [-0.15, -0.1) is 0 Å². The Morgan fingerprint density at radius 1 is 1.19 bits per heavy atom. The van der Waals surface area contributed by atoms with E-state index in [1.165, 1.54) is 11.1 Å². The third-order valence-corrected chi connectivity index (χ3v) is 5.56. The molecule has 0 amide bonds. The predicted octanol–water partition coefficient (Wildman–Crippen LogP) is 3.20. The third-order valence-electron chi connectivity index (χ3n) is 5.56.